The Bertz CT molecular complexity index is 324. The van der Waals surface area contributed by atoms with Crippen LogP contribution in [0.5, 0.6) is 0 Å². The fourth-order valence-corrected chi connectivity index (χ4v) is 2.71. The maximum absolute atomic E-state index is 3.61. The Morgan fingerprint density at radius 3 is 2.93 bits per heavy atom. The van der Waals surface area contributed by atoms with Crippen molar-refractivity contribution in [3.8, 4) is 0 Å². The van der Waals surface area contributed by atoms with E-state index in [-0.39, 0.29) is 0 Å². The Labute approximate surface area is 101 Å². The molecule has 2 rings (SSSR count). The van der Waals surface area contributed by atoms with Crippen LogP contribution < -0.4 is 0 Å². The third kappa shape index (κ3) is 3.05. The third-order valence-electron chi connectivity index (χ3n) is 3.09. The molecule has 82 valence electrons. The van der Waals surface area contributed by atoms with Crippen LogP contribution in [0.15, 0.2) is 28.7 Å². The lowest BCUT2D eigenvalue weighted by atomic mass is 10.00. The average Bonchev–Trinajstić information content (AvgIpc) is 2.22. The molecule has 1 aliphatic rings. The van der Waals surface area contributed by atoms with Crippen LogP contribution in [0.4, 0.5) is 0 Å². The van der Waals surface area contributed by atoms with Crippen molar-refractivity contribution in [1.29, 1.82) is 0 Å². The van der Waals surface area contributed by atoms with Gasteiger partial charge in [0.2, 0.25) is 0 Å². The number of benzene rings is 1. The molecule has 1 saturated heterocycles. The summed E-state index contributed by atoms with van der Waals surface area (Å²) in [6, 6.07) is 8.53. The van der Waals surface area contributed by atoms with E-state index in [4.69, 9.17) is 0 Å². The number of piperidine rings is 1. The van der Waals surface area contributed by atoms with Gasteiger partial charge in [-0.3, -0.25) is 4.90 Å². The van der Waals surface area contributed by atoms with E-state index in [1.807, 2.05) is 0 Å². The second-order valence-corrected chi connectivity index (χ2v) is 5.43. The topological polar surface area (TPSA) is 3.24 Å². The highest BCUT2D eigenvalue weighted by Crippen LogP contribution is 2.21. The van der Waals surface area contributed by atoms with Gasteiger partial charge in [-0.25, -0.2) is 0 Å². The predicted octanol–water partition coefficient (Wildman–Crippen LogP) is 3.68. The van der Waals surface area contributed by atoms with E-state index >= 15 is 0 Å². The SMILES string of the molecule is CC1CCCN(Cc2ccccc2Br)C1. The first-order valence-electron chi connectivity index (χ1n) is 5.71. The van der Waals surface area contributed by atoms with Crippen molar-refractivity contribution in [1.82, 2.24) is 4.90 Å². The van der Waals surface area contributed by atoms with Crippen molar-refractivity contribution < 1.29 is 0 Å². The van der Waals surface area contributed by atoms with Gasteiger partial charge >= 0.3 is 0 Å². The van der Waals surface area contributed by atoms with Crippen LogP contribution in [0.2, 0.25) is 0 Å². The van der Waals surface area contributed by atoms with Gasteiger partial charge < -0.3 is 0 Å². The monoisotopic (exact) mass is 267 g/mol. The molecule has 0 aromatic heterocycles. The summed E-state index contributed by atoms with van der Waals surface area (Å²) in [5.41, 5.74) is 1.41. The summed E-state index contributed by atoms with van der Waals surface area (Å²) in [7, 11) is 0. The fourth-order valence-electron chi connectivity index (χ4n) is 2.30. The third-order valence-corrected chi connectivity index (χ3v) is 3.87. The highest BCUT2D eigenvalue weighted by molar-refractivity contribution is 9.10. The molecular weight excluding hydrogens is 250 g/mol. The van der Waals surface area contributed by atoms with Crippen molar-refractivity contribution in [3.05, 3.63) is 34.3 Å². The summed E-state index contributed by atoms with van der Waals surface area (Å²) < 4.78 is 1.24. The van der Waals surface area contributed by atoms with Gasteiger partial charge in [0.25, 0.3) is 0 Å². The average molecular weight is 268 g/mol. The number of rotatable bonds is 2. The molecule has 0 aliphatic carbocycles. The summed E-state index contributed by atoms with van der Waals surface area (Å²) >= 11 is 3.61. The van der Waals surface area contributed by atoms with E-state index in [0.717, 1.165) is 12.5 Å². The molecule has 1 aromatic carbocycles. The molecule has 1 nitrogen and oxygen atoms in total. The molecule has 1 fully saturated rings. The summed E-state index contributed by atoms with van der Waals surface area (Å²) in [4.78, 5) is 2.56. The Kier molecular flexibility index (Phi) is 3.81. The fraction of sp³-hybridized carbons (Fsp3) is 0.538. The molecule has 1 unspecified atom stereocenters. The summed E-state index contributed by atoms with van der Waals surface area (Å²) in [5.74, 6) is 0.862. The zero-order valence-corrected chi connectivity index (χ0v) is 10.8. The van der Waals surface area contributed by atoms with Gasteiger partial charge in [-0.1, -0.05) is 41.1 Å². The Hall–Kier alpha value is -0.340. The summed E-state index contributed by atoms with van der Waals surface area (Å²) in [6.07, 6.45) is 2.75. The second-order valence-electron chi connectivity index (χ2n) is 4.57. The van der Waals surface area contributed by atoms with Crippen LogP contribution in [-0.4, -0.2) is 18.0 Å². The molecule has 0 saturated carbocycles. The van der Waals surface area contributed by atoms with Crippen LogP contribution in [0.1, 0.15) is 25.3 Å². The van der Waals surface area contributed by atoms with Crippen molar-refractivity contribution in [2.45, 2.75) is 26.3 Å². The van der Waals surface area contributed by atoms with Crippen LogP contribution in [0, 0.1) is 5.92 Å². The number of likely N-dealkylation sites (tertiary alicyclic amines) is 1. The maximum atomic E-state index is 3.61. The van der Waals surface area contributed by atoms with Crippen molar-refractivity contribution in [2.75, 3.05) is 13.1 Å². The maximum Gasteiger partial charge on any atom is 0.0245 e. The van der Waals surface area contributed by atoms with E-state index in [1.165, 1.54) is 36.0 Å². The quantitative estimate of drug-likeness (QED) is 0.790. The largest absolute Gasteiger partial charge is 0.299 e. The molecule has 0 spiro atoms. The smallest absolute Gasteiger partial charge is 0.0245 e. The Balaban J connectivity index is 1.99. The van der Waals surface area contributed by atoms with Crippen LogP contribution in [0.3, 0.4) is 0 Å². The lowest BCUT2D eigenvalue weighted by Crippen LogP contribution is -2.33. The van der Waals surface area contributed by atoms with Crippen LogP contribution in [0.25, 0.3) is 0 Å². The van der Waals surface area contributed by atoms with Gasteiger partial charge in [-0.05, 0) is 36.9 Å². The lowest BCUT2D eigenvalue weighted by Gasteiger charge is -2.31. The molecule has 1 aliphatic heterocycles. The van der Waals surface area contributed by atoms with Gasteiger partial charge in [0.1, 0.15) is 0 Å². The number of hydrogen-bond donors (Lipinski definition) is 0. The van der Waals surface area contributed by atoms with Crippen molar-refractivity contribution in [2.24, 2.45) is 5.92 Å². The Morgan fingerprint density at radius 1 is 1.40 bits per heavy atom. The summed E-state index contributed by atoms with van der Waals surface area (Å²) in [6.45, 7) is 5.95. The standard InChI is InChI=1S/C13H18BrN/c1-11-5-4-8-15(9-11)10-12-6-2-3-7-13(12)14/h2-3,6-7,11H,4-5,8-10H2,1H3. The van der Waals surface area contributed by atoms with Gasteiger partial charge in [-0.2, -0.15) is 0 Å². The lowest BCUT2D eigenvalue weighted by molar-refractivity contribution is 0.176. The molecule has 0 amide bonds. The first-order valence-corrected chi connectivity index (χ1v) is 6.51. The van der Waals surface area contributed by atoms with E-state index in [9.17, 15) is 0 Å². The normalized spacial score (nSPS) is 22.9. The zero-order valence-electron chi connectivity index (χ0n) is 9.25. The van der Waals surface area contributed by atoms with Crippen LogP contribution >= 0.6 is 15.9 Å². The first kappa shape index (κ1) is 11.2. The number of hydrogen-bond acceptors (Lipinski definition) is 1. The number of halogens is 1. The Morgan fingerprint density at radius 2 is 2.20 bits per heavy atom. The molecule has 2 heteroatoms. The van der Waals surface area contributed by atoms with Gasteiger partial charge in [0, 0.05) is 17.6 Å². The van der Waals surface area contributed by atoms with Gasteiger partial charge in [-0.15, -0.1) is 0 Å². The molecule has 1 aromatic rings. The second kappa shape index (κ2) is 5.13. The highest BCUT2D eigenvalue weighted by Gasteiger charge is 2.16. The predicted molar refractivity (Wildman–Crippen MR) is 67.8 cm³/mol. The van der Waals surface area contributed by atoms with E-state index in [1.54, 1.807) is 0 Å². The molecule has 0 radical (unpaired) electrons. The minimum absolute atomic E-state index is 0.862. The first-order chi connectivity index (χ1) is 7.25. The van der Waals surface area contributed by atoms with Crippen molar-refractivity contribution >= 4 is 15.9 Å². The molecule has 0 bridgehead atoms. The summed E-state index contributed by atoms with van der Waals surface area (Å²) in [5, 5.41) is 0. The molecule has 1 atom stereocenters. The van der Waals surface area contributed by atoms with Gasteiger partial charge in [0.15, 0.2) is 0 Å². The zero-order chi connectivity index (χ0) is 10.7. The molecular formula is C13H18BrN. The minimum atomic E-state index is 0.862. The van der Waals surface area contributed by atoms with Gasteiger partial charge in [0.05, 0.1) is 0 Å². The van der Waals surface area contributed by atoms with E-state index < -0.39 is 0 Å². The molecule has 0 N–H and O–H groups in total. The van der Waals surface area contributed by atoms with Crippen molar-refractivity contribution in [3.63, 3.8) is 0 Å². The molecule has 1 heterocycles. The van der Waals surface area contributed by atoms with E-state index in [0.29, 0.717) is 0 Å². The number of nitrogens with zero attached hydrogens (tertiary/aromatic N) is 1. The van der Waals surface area contributed by atoms with E-state index in [2.05, 4.69) is 52.0 Å². The van der Waals surface area contributed by atoms with Crippen LogP contribution in [-0.2, 0) is 6.54 Å². The highest BCUT2D eigenvalue weighted by atomic mass is 79.9. The molecule has 15 heavy (non-hydrogen) atoms. The minimum Gasteiger partial charge on any atom is -0.299 e.